The maximum atomic E-state index is 14.2. The molecule has 5 nitrogen and oxygen atoms in total. The first-order valence-electron chi connectivity index (χ1n) is 6.53. The summed E-state index contributed by atoms with van der Waals surface area (Å²) in [5, 5.41) is -0.350. The van der Waals surface area contributed by atoms with Gasteiger partial charge in [-0.25, -0.2) is 9.37 Å². The average Bonchev–Trinajstić information content (AvgIpc) is 2.57. The normalized spacial score (nSPS) is 10.8. The number of aromatic nitrogens is 3. The van der Waals surface area contributed by atoms with Gasteiger partial charge in [0, 0.05) is 0 Å². The predicted molar refractivity (Wildman–Crippen MR) is 84.6 cm³/mol. The summed E-state index contributed by atoms with van der Waals surface area (Å²) in [6.45, 7) is 0.219. The summed E-state index contributed by atoms with van der Waals surface area (Å²) in [4.78, 5) is 11.7. The first kappa shape index (κ1) is 15.7. The van der Waals surface area contributed by atoms with Crippen LogP contribution in [0.2, 0.25) is 10.4 Å². The Labute approximate surface area is 141 Å². The van der Waals surface area contributed by atoms with E-state index in [1.807, 2.05) is 30.3 Å². The molecule has 8 heteroatoms. The maximum absolute atomic E-state index is 14.2. The van der Waals surface area contributed by atoms with Crippen molar-refractivity contribution in [3.05, 3.63) is 52.1 Å². The Bertz CT molecular complexity index is 862. The van der Waals surface area contributed by atoms with Crippen molar-refractivity contribution in [3.63, 3.8) is 0 Å². The Kier molecular flexibility index (Phi) is 4.45. The number of ether oxygens (including phenoxy) is 2. The van der Waals surface area contributed by atoms with Crippen molar-refractivity contribution in [2.45, 2.75) is 6.61 Å². The van der Waals surface area contributed by atoms with E-state index in [1.165, 1.54) is 7.11 Å². The molecule has 0 saturated carbocycles. The lowest BCUT2D eigenvalue weighted by molar-refractivity contribution is 0.296. The fraction of sp³-hybridized carbons (Fsp3) is 0.133. The highest BCUT2D eigenvalue weighted by atomic mass is 35.5. The van der Waals surface area contributed by atoms with Gasteiger partial charge < -0.3 is 9.47 Å². The van der Waals surface area contributed by atoms with Crippen molar-refractivity contribution in [2.24, 2.45) is 0 Å². The summed E-state index contributed by atoms with van der Waals surface area (Å²) in [5.74, 6) is -0.675. The molecule has 0 unspecified atom stereocenters. The Morgan fingerprint density at radius 1 is 1.04 bits per heavy atom. The van der Waals surface area contributed by atoms with E-state index in [1.54, 1.807) is 0 Å². The van der Waals surface area contributed by atoms with Crippen LogP contribution in [0.25, 0.3) is 10.9 Å². The van der Waals surface area contributed by atoms with Gasteiger partial charge >= 0.3 is 0 Å². The van der Waals surface area contributed by atoms with E-state index < -0.39 is 5.82 Å². The number of hydrogen-bond acceptors (Lipinski definition) is 5. The molecule has 0 aliphatic heterocycles. The van der Waals surface area contributed by atoms with Gasteiger partial charge in [-0.3, -0.25) is 0 Å². The van der Waals surface area contributed by atoms with Gasteiger partial charge in [0.1, 0.15) is 17.5 Å². The van der Waals surface area contributed by atoms with Crippen molar-refractivity contribution >= 4 is 34.1 Å². The van der Waals surface area contributed by atoms with Crippen molar-refractivity contribution in [1.29, 1.82) is 0 Å². The van der Waals surface area contributed by atoms with Crippen LogP contribution < -0.4 is 9.47 Å². The van der Waals surface area contributed by atoms with Crippen molar-refractivity contribution in [3.8, 4) is 11.8 Å². The third-order valence-corrected chi connectivity index (χ3v) is 3.48. The molecule has 0 radical (unpaired) electrons. The van der Waals surface area contributed by atoms with Crippen molar-refractivity contribution < 1.29 is 13.9 Å². The molecular formula is C15H10Cl2FN3O2. The van der Waals surface area contributed by atoms with Crippen molar-refractivity contribution in [1.82, 2.24) is 15.0 Å². The second-order valence-electron chi connectivity index (χ2n) is 4.52. The zero-order valence-electron chi connectivity index (χ0n) is 11.9. The smallest absolute Gasteiger partial charge is 0.231 e. The number of pyridine rings is 1. The third kappa shape index (κ3) is 3.13. The molecule has 118 valence electrons. The van der Waals surface area contributed by atoms with Gasteiger partial charge in [-0.15, -0.1) is 0 Å². The third-order valence-electron chi connectivity index (χ3n) is 3.06. The molecule has 0 aliphatic rings. The van der Waals surface area contributed by atoms with E-state index in [4.69, 9.17) is 32.7 Å². The van der Waals surface area contributed by atoms with Crippen molar-refractivity contribution in [2.75, 3.05) is 7.11 Å². The zero-order chi connectivity index (χ0) is 16.4. The summed E-state index contributed by atoms with van der Waals surface area (Å²) in [5.41, 5.74) is 0.807. The summed E-state index contributed by atoms with van der Waals surface area (Å²) >= 11 is 11.6. The molecule has 1 aromatic carbocycles. The Hall–Kier alpha value is -2.18. The molecule has 2 heterocycles. The first-order valence-corrected chi connectivity index (χ1v) is 7.28. The van der Waals surface area contributed by atoms with Crippen LogP contribution in [0.3, 0.4) is 0 Å². The maximum Gasteiger partial charge on any atom is 0.231 e. The number of benzene rings is 1. The number of halogens is 3. The highest BCUT2D eigenvalue weighted by Gasteiger charge is 2.21. The van der Waals surface area contributed by atoms with Gasteiger partial charge in [-0.2, -0.15) is 9.97 Å². The van der Waals surface area contributed by atoms with E-state index >= 15 is 0 Å². The molecule has 0 bridgehead atoms. The molecule has 23 heavy (non-hydrogen) atoms. The minimum Gasteiger partial charge on any atom is -0.480 e. The molecule has 0 fully saturated rings. The molecule has 0 amide bonds. The number of nitrogens with zero attached hydrogens (tertiary/aromatic N) is 3. The van der Waals surface area contributed by atoms with Crippen LogP contribution >= 0.6 is 23.2 Å². The van der Waals surface area contributed by atoms with Gasteiger partial charge in [-0.05, 0) is 17.2 Å². The molecule has 0 saturated heterocycles. The van der Waals surface area contributed by atoms with E-state index in [9.17, 15) is 4.39 Å². The van der Waals surface area contributed by atoms with Gasteiger partial charge in [0.2, 0.25) is 17.0 Å². The highest BCUT2D eigenvalue weighted by Crippen LogP contribution is 2.35. The average molecular weight is 354 g/mol. The second-order valence-corrected chi connectivity index (χ2v) is 5.22. The molecule has 3 aromatic rings. The van der Waals surface area contributed by atoms with Gasteiger partial charge in [0.15, 0.2) is 11.0 Å². The first-order chi connectivity index (χ1) is 11.1. The molecule has 0 atom stereocenters. The SMILES string of the molecule is COc1nc(Cl)c(F)c2nc(Cl)nc(OCc3ccccc3)c12. The van der Waals surface area contributed by atoms with Gasteiger partial charge in [0.25, 0.3) is 0 Å². The zero-order valence-corrected chi connectivity index (χ0v) is 13.4. The largest absolute Gasteiger partial charge is 0.480 e. The lowest BCUT2D eigenvalue weighted by Crippen LogP contribution is -2.03. The molecular weight excluding hydrogens is 344 g/mol. The predicted octanol–water partition coefficient (Wildman–Crippen LogP) is 4.06. The molecule has 0 aliphatic carbocycles. The summed E-state index contributed by atoms with van der Waals surface area (Å²) in [6, 6.07) is 9.43. The monoisotopic (exact) mass is 353 g/mol. The number of hydrogen-bond donors (Lipinski definition) is 0. The van der Waals surface area contributed by atoms with Crippen LogP contribution in [0.15, 0.2) is 30.3 Å². The quantitative estimate of drug-likeness (QED) is 0.522. The van der Waals surface area contributed by atoms with Crippen LogP contribution in [0.1, 0.15) is 5.56 Å². The fourth-order valence-electron chi connectivity index (χ4n) is 2.04. The van der Waals surface area contributed by atoms with E-state index in [2.05, 4.69) is 15.0 Å². The highest BCUT2D eigenvalue weighted by molar-refractivity contribution is 6.31. The summed E-state index contributed by atoms with van der Waals surface area (Å²) in [7, 11) is 1.38. The minimum absolute atomic E-state index is 0.0612. The van der Waals surface area contributed by atoms with Crippen LogP contribution in [0.5, 0.6) is 11.8 Å². The van der Waals surface area contributed by atoms with Gasteiger partial charge in [0.05, 0.1) is 7.11 Å². The molecule has 3 rings (SSSR count). The van der Waals surface area contributed by atoms with E-state index in [0.29, 0.717) is 0 Å². The summed E-state index contributed by atoms with van der Waals surface area (Å²) < 4.78 is 25.0. The lowest BCUT2D eigenvalue weighted by atomic mass is 10.2. The van der Waals surface area contributed by atoms with Crippen LogP contribution in [0.4, 0.5) is 4.39 Å². The van der Waals surface area contributed by atoms with Gasteiger partial charge in [-0.1, -0.05) is 41.9 Å². The Morgan fingerprint density at radius 2 is 1.78 bits per heavy atom. The number of methoxy groups -OCH3 is 1. The lowest BCUT2D eigenvalue weighted by Gasteiger charge is -2.11. The topological polar surface area (TPSA) is 57.1 Å². The van der Waals surface area contributed by atoms with Crippen LogP contribution in [0, 0.1) is 5.82 Å². The second kappa shape index (κ2) is 6.52. The molecule has 2 aromatic heterocycles. The van der Waals surface area contributed by atoms with E-state index in [-0.39, 0.29) is 39.7 Å². The van der Waals surface area contributed by atoms with Crippen LogP contribution in [-0.2, 0) is 6.61 Å². The minimum atomic E-state index is -0.809. The van der Waals surface area contributed by atoms with E-state index in [0.717, 1.165) is 5.56 Å². The Morgan fingerprint density at radius 3 is 2.48 bits per heavy atom. The fourth-order valence-corrected chi connectivity index (χ4v) is 2.36. The number of fused-ring (bicyclic) bond motifs is 1. The molecule has 0 N–H and O–H groups in total. The van der Waals surface area contributed by atoms with Crippen LogP contribution in [-0.4, -0.2) is 22.1 Å². The Balaban J connectivity index is 2.10. The molecule has 0 spiro atoms. The number of rotatable bonds is 4. The standard InChI is InChI=1S/C15H10Cl2FN3O2/c1-22-13-9-11(10(18)12(16)20-13)19-15(17)21-14(9)23-7-8-5-3-2-4-6-8/h2-6H,7H2,1H3. The summed E-state index contributed by atoms with van der Waals surface area (Å²) in [6.07, 6.45) is 0.